The Morgan fingerprint density at radius 1 is 1.38 bits per heavy atom. The molecule has 0 bridgehead atoms. The molecule has 1 aromatic rings. The molecule has 0 spiro atoms. The van der Waals surface area contributed by atoms with Gasteiger partial charge in [0.25, 0.3) is 0 Å². The van der Waals surface area contributed by atoms with E-state index in [2.05, 4.69) is 4.90 Å². The Morgan fingerprint density at radius 3 is 2.81 bits per heavy atom. The Morgan fingerprint density at radius 2 is 2.12 bits per heavy atom. The first-order valence-corrected chi connectivity index (χ1v) is 5.80. The molecule has 3 nitrogen and oxygen atoms in total. The molecule has 0 aromatic heterocycles. The fourth-order valence-corrected chi connectivity index (χ4v) is 2.11. The van der Waals surface area contributed by atoms with Gasteiger partial charge in [-0.2, -0.15) is 0 Å². The van der Waals surface area contributed by atoms with Crippen LogP contribution in [0.15, 0.2) is 24.3 Å². The van der Waals surface area contributed by atoms with E-state index in [0.29, 0.717) is 12.2 Å². The molecule has 1 aliphatic rings. The summed E-state index contributed by atoms with van der Waals surface area (Å²) in [6, 6.07) is 7.24. The average Bonchev–Trinajstić information content (AvgIpc) is 2.30. The second kappa shape index (κ2) is 5.27. The normalized spacial score (nSPS) is 16.1. The SMILES string of the molecule is Oc1cccc(CC(=S)N2CCOCC2)c1. The van der Waals surface area contributed by atoms with Crippen molar-refractivity contribution in [2.45, 2.75) is 6.42 Å². The van der Waals surface area contributed by atoms with Gasteiger partial charge in [-0.15, -0.1) is 0 Å². The van der Waals surface area contributed by atoms with E-state index >= 15 is 0 Å². The molecule has 0 amide bonds. The number of hydrogen-bond donors (Lipinski definition) is 1. The van der Waals surface area contributed by atoms with E-state index in [1.807, 2.05) is 12.1 Å². The third-order valence-electron chi connectivity index (χ3n) is 2.63. The molecular weight excluding hydrogens is 222 g/mol. The highest BCUT2D eigenvalue weighted by Crippen LogP contribution is 2.13. The van der Waals surface area contributed by atoms with Crippen molar-refractivity contribution in [3.8, 4) is 5.75 Å². The van der Waals surface area contributed by atoms with Crippen LogP contribution in [0.3, 0.4) is 0 Å². The van der Waals surface area contributed by atoms with Crippen LogP contribution >= 0.6 is 12.2 Å². The van der Waals surface area contributed by atoms with Crippen LogP contribution in [0, 0.1) is 0 Å². The van der Waals surface area contributed by atoms with Gasteiger partial charge in [0.15, 0.2) is 0 Å². The molecule has 2 rings (SSSR count). The summed E-state index contributed by atoms with van der Waals surface area (Å²) in [6.45, 7) is 3.25. The van der Waals surface area contributed by atoms with Crippen LogP contribution in [0.25, 0.3) is 0 Å². The lowest BCUT2D eigenvalue weighted by atomic mass is 10.1. The summed E-state index contributed by atoms with van der Waals surface area (Å²) in [6.07, 6.45) is 0.712. The summed E-state index contributed by atoms with van der Waals surface area (Å²) >= 11 is 5.39. The van der Waals surface area contributed by atoms with Gasteiger partial charge in [-0.05, 0) is 17.7 Å². The summed E-state index contributed by atoms with van der Waals surface area (Å²) in [7, 11) is 0. The van der Waals surface area contributed by atoms with Gasteiger partial charge in [-0.1, -0.05) is 24.4 Å². The topological polar surface area (TPSA) is 32.7 Å². The van der Waals surface area contributed by atoms with Crippen molar-refractivity contribution in [3.05, 3.63) is 29.8 Å². The van der Waals surface area contributed by atoms with Crippen LogP contribution in [-0.4, -0.2) is 41.3 Å². The Bertz CT molecular complexity index is 375. The van der Waals surface area contributed by atoms with Gasteiger partial charge in [-0.3, -0.25) is 0 Å². The molecule has 16 heavy (non-hydrogen) atoms. The summed E-state index contributed by atoms with van der Waals surface area (Å²) in [4.78, 5) is 3.09. The third-order valence-corrected chi connectivity index (χ3v) is 3.03. The number of phenols is 1. The Labute approximate surface area is 101 Å². The Balaban J connectivity index is 1.96. The molecule has 1 heterocycles. The Hall–Kier alpha value is -1.13. The van der Waals surface area contributed by atoms with Crippen LogP contribution in [0.2, 0.25) is 0 Å². The lowest BCUT2D eigenvalue weighted by Crippen LogP contribution is -2.40. The summed E-state index contributed by atoms with van der Waals surface area (Å²) in [5.74, 6) is 0.294. The van der Waals surface area contributed by atoms with Gasteiger partial charge in [0, 0.05) is 19.5 Å². The van der Waals surface area contributed by atoms with Gasteiger partial charge in [-0.25, -0.2) is 0 Å². The highest BCUT2D eigenvalue weighted by molar-refractivity contribution is 7.80. The van der Waals surface area contributed by atoms with Crippen molar-refractivity contribution in [1.29, 1.82) is 0 Å². The predicted octanol–water partition coefficient (Wildman–Crippen LogP) is 1.59. The lowest BCUT2D eigenvalue weighted by Gasteiger charge is -2.29. The average molecular weight is 237 g/mol. The van der Waals surface area contributed by atoms with E-state index in [0.717, 1.165) is 36.9 Å². The van der Waals surface area contributed by atoms with Gasteiger partial charge in [0.05, 0.1) is 18.2 Å². The van der Waals surface area contributed by atoms with Crippen molar-refractivity contribution in [2.75, 3.05) is 26.3 Å². The zero-order chi connectivity index (χ0) is 11.4. The molecule has 1 saturated heterocycles. The van der Waals surface area contributed by atoms with E-state index in [-0.39, 0.29) is 0 Å². The highest BCUT2D eigenvalue weighted by Gasteiger charge is 2.13. The number of phenolic OH excluding ortho intramolecular Hbond substituents is 1. The molecule has 0 saturated carbocycles. The van der Waals surface area contributed by atoms with Crippen molar-refractivity contribution >= 4 is 17.2 Å². The van der Waals surface area contributed by atoms with Crippen LogP contribution in [0.5, 0.6) is 5.75 Å². The van der Waals surface area contributed by atoms with Crippen LogP contribution < -0.4 is 0 Å². The first-order chi connectivity index (χ1) is 7.75. The number of nitrogens with zero attached hydrogens (tertiary/aromatic N) is 1. The minimum absolute atomic E-state index is 0.294. The molecule has 0 unspecified atom stereocenters. The van der Waals surface area contributed by atoms with Crippen LogP contribution in [0.4, 0.5) is 0 Å². The second-order valence-electron chi connectivity index (χ2n) is 3.84. The fourth-order valence-electron chi connectivity index (χ4n) is 1.77. The van der Waals surface area contributed by atoms with Crippen LogP contribution in [-0.2, 0) is 11.2 Å². The second-order valence-corrected chi connectivity index (χ2v) is 4.31. The minimum atomic E-state index is 0.294. The van der Waals surface area contributed by atoms with Gasteiger partial charge < -0.3 is 14.7 Å². The van der Waals surface area contributed by atoms with Crippen molar-refractivity contribution < 1.29 is 9.84 Å². The highest BCUT2D eigenvalue weighted by atomic mass is 32.1. The predicted molar refractivity (Wildman–Crippen MR) is 66.8 cm³/mol. The van der Waals surface area contributed by atoms with Gasteiger partial charge >= 0.3 is 0 Å². The standard InChI is InChI=1S/C12H15NO2S/c14-11-3-1-2-10(8-11)9-12(16)13-4-6-15-7-5-13/h1-3,8,14H,4-7,9H2. The van der Waals surface area contributed by atoms with E-state index in [4.69, 9.17) is 17.0 Å². The molecule has 0 atom stereocenters. The summed E-state index contributed by atoms with van der Waals surface area (Å²) in [5, 5.41) is 9.36. The monoisotopic (exact) mass is 237 g/mol. The summed E-state index contributed by atoms with van der Waals surface area (Å²) < 4.78 is 5.28. The molecule has 0 aliphatic carbocycles. The van der Waals surface area contributed by atoms with Crippen molar-refractivity contribution in [2.24, 2.45) is 0 Å². The molecule has 1 aliphatic heterocycles. The third kappa shape index (κ3) is 2.93. The van der Waals surface area contributed by atoms with E-state index in [1.54, 1.807) is 12.1 Å². The number of hydrogen-bond acceptors (Lipinski definition) is 3. The first-order valence-electron chi connectivity index (χ1n) is 5.39. The maximum atomic E-state index is 9.36. The smallest absolute Gasteiger partial charge is 0.115 e. The van der Waals surface area contributed by atoms with Gasteiger partial charge in [0.2, 0.25) is 0 Å². The van der Waals surface area contributed by atoms with E-state index in [9.17, 15) is 5.11 Å². The van der Waals surface area contributed by atoms with Crippen molar-refractivity contribution in [3.63, 3.8) is 0 Å². The first kappa shape index (κ1) is 11.4. The molecule has 0 radical (unpaired) electrons. The number of morpholine rings is 1. The zero-order valence-corrected chi connectivity index (χ0v) is 9.87. The molecular formula is C12H15NO2S. The molecule has 1 aromatic carbocycles. The maximum absolute atomic E-state index is 9.36. The van der Waals surface area contributed by atoms with E-state index in [1.165, 1.54) is 0 Å². The quantitative estimate of drug-likeness (QED) is 0.792. The number of rotatable bonds is 2. The van der Waals surface area contributed by atoms with E-state index < -0.39 is 0 Å². The van der Waals surface area contributed by atoms with Crippen LogP contribution in [0.1, 0.15) is 5.56 Å². The largest absolute Gasteiger partial charge is 0.508 e. The van der Waals surface area contributed by atoms with Crippen molar-refractivity contribution in [1.82, 2.24) is 4.90 Å². The lowest BCUT2D eigenvalue weighted by molar-refractivity contribution is 0.0684. The summed E-state index contributed by atoms with van der Waals surface area (Å²) in [5.41, 5.74) is 1.05. The zero-order valence-electron chi connectivity index (χ0n) is 9.06. The molecule has 86 valence electrons. The number of benzene rings is 1. The number of thiocarbonyl (C=S) groups is 1. The Kier molecular flexibility index (Phi) is 3.74. The minimum Gasteiger partial charge on any atom is -0.508 e. The molecule has 1 fully saturated rings. The number of aromatic hydroxyl groups is 1. The fraction of sp³-hybridized carbons (Fsp3) is 0.417. The molecule has 4 heteroatoms. The van der Waals surface area contributed by atoms with Gasteiger partial charge in [0.1, 0.15) is 5.75 Å². The number of ether oxygens (including phenoxy) is 1. The maximum Gasteiger partial charge on any atom is 0.115 e. The molecule has 1 N–H and O–H groups in total.